The van der Waals surface area contributed by atoms with Crippen molar-refractivity contribution in [2.24, 2.45) is 5.73 Å². The lowest BCUT2D eigenvalue weighted by molar-refractivity contribution is -0.146. The van der Waals surface area contributed by atoms with Crippen LogP contribution in [0.15, 0.2) is 45.7 Å². The SMILES string of the molecule is CC(Oc1cc2oc(=O)n(CCC(=O)OCC(N)(CO)CO)c2cc1Cl)c1ccccn1. The number of fused-ring (bicyclic) bond motifs is 1. The molecule has 0 amide bonds. The Balaban J connectivity index is 1.71. The number of halogens is 1. The van der Waals surface area contributed by atoms with E-state index in [9.17, 15) is 9.59 Å². The summed E-state index contributed by atoms with van der Waals surface area (Å²) in [7, 11) is 0. The predicted octanol–water partition coefficient (Wildman–Crippen LogP) is 1.40. The number of esters is 1. The van der Waals surface area contributed by atoms with E-state index in [1.165, 1.54) is 16.7 Å². The number of rotatable bonds is 10. The molecule has 1 unspecified atom stereocenters. The van der Waals surface area contributed by atoms with Gasteiger partial charge in [0.1, 0.15) is 18.5 Å². The van der Waals surface area contributed by atoms with Crippen molar-refractivity contribution in [1.29, 1.82) is 0 Å². The molecule has 0 aliphatic carbocycles. The van der Waals surface area contributed by atoms with Crippen LogP contribution in [0.2, 0.25) is 5.02 Å². The normalized spacial score (nSPS) is 12.7. The highest BCUT2D eigenvalue weighted by atomic mass is 35.5. The summed E-state index contributed by atoms with van der Waals surface area (Å²) >= 11 is 6.36. The molecule has 2 aromatic heterocycles. The predicted molar refractivity (Wildman–Crippen MR) is 115 cm³/mol. The highest BCUT2D eigenvalue weighted by molar-refractivity contribution is 6.32. The number of pyridine rings is 1. The Bertz CT molecular complexity index is 1130. The zero-order chi connectivity index (χ0) is 23.3. The minimum atomic E-state index is -1.43. The molecule has 0 aliphatic heterocycles. The number of hydrogen-bond acceptors (Lipinski definition) is 9. The molecule has 3 rings (SSSR count). The minimum absolute atomic E-state index is 0.0264. The zero-order valence-electron chi connectivity index (χ0n) is 17.4. The molecular weight excluding hydrogens is 442 g/mol. The highest BCUT2D eigenvalue weighted by Gasteiger charge is 2.25. The van der Waals surface area contributed by atoms with Crippen LogP contribution in [0, 0.1) is 0 Å². The Morgan fingerprint density at radius 2 is 2.09 bits per heavy atom. The number of benzene rings is 1. The van der Waals surface area contributed by atoms with Gasteiger partial charge in [0.2, 0.25) is 0 Å². The number of aliphatic hydroxyl groups is 2. The number of hydrogen-bond donors (Lipinski definition) is 3. The number of nitrogens with two attached hydrogens (primary N) is 1. The van der Waals surface area contributed by atoms with Gasteiger partial charge >= 0.3 is 11.7 Å². The van der Waals surface area contributed by atoms with E-state index < -0.39 is 30.5 Å². The summed E-state index contributed by atoms with van der Waals surface area (Å²) in [6.07, 6.45) is 1.11. The Morgan fingerprint density at radius 1 is 1.34 bits per heavy atom. The van der Waals surface area contributed by atoms with Crippen molar-refractivity contribution in [2.45, 2.75) is 31.5 Å². The molecule has 32 heavy (non-hydrogen) atoms. The lowest BCUT2D eigenvalue weighted by atomic mass is 10.1. The van der Waals surface area contributed by atoms with Crippen LogP contribution in [0.25, 0.3) is 11.1 Å². The Hall–Kier alpha value is -2.92. The molecule has 10 nitrogen and oxygen atoms in total. The first-order valence-electron chi connectivity index (χ1n) is 9.83. The van der Waals surface area contributed by atoms with Gasteiger partial charge in [-0.2, -0.15) is 0 Å². The van der Waals surface area contributed by atoms with Crippen LogP contribution in [0.3, 0.4) is 0 Å². The number of carbonyl (C=O) groups is 1. The zero-order valence-corrected chi connectivity index (χ0v) is 18.1. The number of nitrogens with zero attached hydrogens (tertiary/aromatic N) is 2. The van der Waals surface area contributed by atoms with E-state index >= 15 is 0 Å². The van der Waals surface area contributed by atoms with Gasteiger partial charge < -0.3 is 29.8 Å². The first-order chi connectivity index (χ1) is 15.3. The molecule has 0 spiro atoms. The van der Waals surface area contributed by atoms with Crippen molar-refractivity contribution in [3.63, 3.8) is 0 Å². The third kappa shape index (κ3) is 5.46. The van der Waals surface area contributed by atoms with Crippen LogP contribution in [0.4, 0.5) is 0 Å². The number of aryl methyl sites for hydroxylation is 1. The maximum Gasteiger partial charge on any atom is 0.419 e. The maximum absolute atomic E-state index is 12.3. The number of carbonyl (C=O) groups excluding carboxylic acids is 1. The number of ether oxygens (including phenoxy) is 2. The van der Waals surface area contributed by atoms with E-state index in [1.807, 2.05) is 19.1 Å². The molecular formula is C21H24ClN3O7. The standard InChI is InChI=1S/C21H24ClN3O7/c1-13(15-4-2-3-6-24-15)31-17-9-18-16(8-14(17)22)25(20(29)32-18)7-5-19(28)30-12-21(23,10-26)11-27/h2-4,6,8-9,13,26-27H,5,7,10-12,23H2,1H3. The molecule has 0 fully saturated rings. The first kappa shape index (κ1) is 23.7. The van der Waals surface area contributed by atoms with E-state index in [-0.39, 0.29) is 36.3 Å². The molecule has 0 bridgehead atoms. The lowest BCUT2D eigenvalue weighted by Crippen LogP contribution is -2.51. The largest absolute Gasteiger partial charge is 0.483 e. The summed E-state index contributed by atoms with van der Waals surface area (Å²) in [6.45, 7) is 0.330. The van der Waals surface area contributed by atoms with Gasteiger partial charge in [-0.15, -0.1) is 0 Å². The van der Waals surface area contributed by atoms with Crippen molar-refractivity contribution in [3.8, 4) is 5.75 Å². The topological polar surface area (TPSA) is 150 Å². The maximum atomic E-state index is 12.3. The summed E-state index contributed by atoms with van der Waals surface area (Å²) in [5.41, 5.74) is 5.59. The molecule has 1 atom stereocenters. The van der Waals surface area contributed by atoms with Gasteiger partial charge in [0, 0.05) is 18.8 Å². The van der Waals surface area contributed by atoms with Gasteiger partial charge in [0.05, 0.1) is 41.4 Å². The molecule has 0 saturated carbocycles. The Kier molecular flexibility index (Phi) is 7.52. The molecule has 2 heterocycles. The monoisotopic (exact) mass is 465 g/mol. The minimum Gasteiger partial charge on any atom is -0.483 e. The lowest BCUT2D eigenvalue weighted by Gasteiger charge is -2.23. The van der Waals surface area contributed by atoms with Crippen LogP contribution in [-0.2, 0) is 16.1 Å². The molecule has 172 valence electrons. The summed E-state index contributed by atoms with van der Waals surface area (Å²) in [5, 5.41) is 18.5. The molecule has 0 saturated heterocycles. The van der Waals surface area contributed by atoms with E-state index in [2.05, 4.69) is 4.98 Å². The molecule has 0 radical (unpaired) electrons. The Morgan fingerprint density at radius 3 is 2.75 bits per heavy atom. The summed E-state index contributed by atoms with van der Waals surface area (Å²) in [6, 6.07) is 8.50. The second-order valence-corrected chi connectivity index (χ2v) is 7.78. The average molecular weight is 466 g/mol. The summed E-state index contributed by atoms with van der Waals surface area (Å²) < 4.78 is 17.4. The third-order valence-electron chi connectivity index (χ3n) is 4.82. The second-order valence-electron chi connectivity index (χ2n) is 7.37. The quantitative estimate of drug-likeness (QED) is 0.377. The van der Waals surface area contributed by atoms with E-state index in [0.29, 0.717) is 17.0 Å². The van der Waals surface area contributed by atoms with Gasteiger partial charge in [-0.25, -0.2) is 4.79 Å². The third-order valence-corrected chi connectivity index (χ3v) is 5.12. The smallest absolute Gasteiger partial charge is 0.419 e. The molecule has 4 N–H and O–H groups in total. The first-order valence-corrected chi connectivity index (χ1v) is 10.2. The molecule has 0 aliphatic rings. The van der Waals surface area contributed by atoms with Crippen LogP contribution in [0.5, 0.6) is 5.75 Å². The van der Waals surface area contributed by atoms with E-state index in [0.717, 1.165) is 0 Å². The van der Waals surface area contributed by atoms with Crippen molar-refractivity contribution >= 4 is 28.7 Å². The van der Waals surface area contributed by atoms with Gasteiger partial charge in [-0.1, -0.05) is 17.7 Å². The fourth-order valence-electron chi connectivity index (χ4n) is 2.87. The van der Waals surface area contributed by atoms with E-state index in [4.69, 9.17) is 41.4 Å². The number of oxazole rings is 1. The van der Waals surface area contributed by atoms with Crippen molar-refractivity contribution in [1.82, 2.24) is 9.55 Å². The molecule has 3 aromatic rings. The van der Waals surface area contributed by atoms with Crippen LogP contribution in [-0.4, -0.2) is 51.1 Å². The van der Waals surface area contributed by atoms with Crippen LogP contribution >= 0.6 is 11.6 Å². The van der Waals surface area contributed by atoms with E-state index in [1.54, 1.807) is 12.3 Å². The number of aromatic nitrogens is 2. The second kappa shape index (κ2) is 10.1. The van der Waals surface area contributed by atoms with Crippen molar-refractivity contribution in [2.75, 3.05) is 19.8 Å². The van der Waals surface area contributed by atoms with Gasteiger partial charge in [-0.3, -0.25) is 14.3 Å². The van der Waals surface area contributed by atoms with Crippen molar-refractivity contribution < 1.29 is 28.9 Å². The molecule has 11 heteroatoms. The summed E-state index contributed by atoms with van der Waals surface area (Å²) in [5.74, 6) is -0.999. The van der Waals surface area contributed by atoms with Crippen molar-refractivity contribution in [3.05, 3.63) is 57.8 Å². The van der Waals surface area contributed by atoms with Gasteiger partial charge in [0.25, 0.3) is 0 Å². The van der Waals surface area contributed by atoms with Gasteiger partial charge in [0.15, 0.2) is 5.58 Å². The van der Waals surface area contributed by atoms with Crippen LogP contribution < -0.4 is 16.2 Å². The fourth-order valence-corrected chi connectivity index (χ4v) is 3.08. The summed E-state index contributed by atoms with van der Waals surface area (Å²) in [4.78, 5) is 28.5. The average Bonchev–Trinajstić information content (AvgIpc) is 3.10. The fraction of sp³-hybridized carbons (Fsp3) is 0.381. The van der Waals surface area contributed by atoms with Gasteiger partial charge in [-0.05, 0) is 25.1 Å². The highest BCUT2D eigenvalue weighted by Crippen LogP contribution is 2.32. The van der Waals surface area contributed by atoms with Crippen LogP contribution in [0.1, 0.15) is 25.1 Å². The number of aliphatic hydroxyl groups excluding tert-OH is 2. The Labute approximate surface area is 188 Å². The molecule has 1 aromatic carbocycles.